The summed E-state index contributed by atoms with van der Waals surface area (Å²) in [4.78, 5) is 1.97. The van der Waals surface area contributed by atoms with Crippen LogP contribution >= 0.6 is 0 Å². The number of piperidine rings is 1. The van der Waals surface area contributed by atoms with Gasteiger partial charge < -0.3 is 5.73 Å². The minimum atomic E-state index is -3.79. The van der Waals surface area contributed by atoms with Crippen LogP contribution in [0, 0.1) is 11.6 Å². The number of hydrogen-bond acceptors (Lipinski definition) is 7. The van der Waals surface area contributed by atoms with Crippen LogP contribution in [0.2, 0.25) is 0 Å². The topological polar surface area (TPSA) is 119 Å². The molecule has 3 heterocycles. The highest BCUT2D eigenvalue weighted by Crippen LogP contribution is 2.37. The SMILES string of the molecule is CS(=O)(=O)N1C[C@@H](N2Cc3cn(S(C)(=O)=O)nc3C2)C[C@H](N)C1c1cc(F)ccc1F. The lowest BCUT2D eigenvalue weighted by molar-refractivity contribution is 0.0905. The van der Waals surface area contributed by atoms with E-state index in [1.165, 1.54) is 6.20 Å². The number of fused-ring (bicyclic) bond motifs is 1. The fourth-order valence-corrected chi connectivity index (χ4v) is 6.06. The van der Waals surface area contributed by atoms with Crippen molar-refractivity contribution in [1.82, 2.24) is 18.4 Å². The summed E-state index contributed by atoms with van der Waals surface area (Å²) in [6.07, 6.45) is 3.88. The van der Waals surface area contributed by atoms with Crippen LogP contribution < -0.4 is 5.73 Å². The first kappa shape index (κ1) is 22.3. The molecule has 1 saturated heterocycles. The van der Waals surface area contributed by atoms with Crippen LogP contribution in [0.5, 0.6) is 0 Å². The van der Waals surface area contributed by atoms with Crippen molar-refractivity contribution in [2.24, 2.45) is 5.73 Å². The van der Waals surface area contributed by atoms with Crippen molar-refractivity contribution in [1.29, 1.82) is 0 Å². The first-order valence-electron chi connectivity index (χ1n) is 9.54. The molecule has 2 N–H and O–H groups in total. The molecule has 4 rings (SSSR count). The fraction of sp³-hybridized carbons (Fsp3) is 0.500. The normalized spacial score (nSPS) is 25.6. The molecule has 9 nitrogen and oxygen atoms in total. The summed E-state index contributed by atoms with van der Waals surface area (Å²) in [6.45, 7) is 0.772. The van der Waals surface area contributed by atoms with Gasteiger partial charge in [-0.1, -0.05) is 0 Å². The Morgan fingerprint density at radius 2 is 1.81 bits per heavy atom. The van der Waals surface area contributed by atoms with Gasteiger partial charge in [-0.25, -0.2) is 25.6 Å². The van der Waals surface area contributed by atoms with Crippen molar-refractivity contribution in [3.63, 3.8) is 0 Å². The van der Waals surface area contributed by atoms with Gasteiger partial charge in [-0.3, -0.25) is 4.90 Å². The molecule has 0 radical (unpaired) electrons. The Labute approximate surface area is 179 Å². The lowest BCUT2D eigenvalue weighted by atomic mass is 9.89. The largest absolute Gasteiger partial charge is 0.326 e. The average molecular weight is 476 g/mol. The van der Waals surface area contributed by atoms with E-state index >= 15 is 0 Å². The Balaban J connectivity index is 1.61. The van der Waals surface area contributed by atoms with E-state index in [4.69, 9.17) is 5.73 Å². The predicted molar refractivity (Wildman–Crippen MR) is 109 cm³/mol. The van der Waals surface area contributed by atoms with Crippen LogP contribution in [-0.2, 0) is 33.1 Å². The molecule has 1 fully saturated rings. The molecular weight excluding hydrogens is 452 g/mol. The molecule has 13 heteroatoms. The van der Waals surface area contributed by atoms with Crippen molar-refractivity contribution in [2.45, 2.75) is 37.6 Å². The Morgan fingerprint density at radius 3 is 2.42 bits per heavy atom. The van der Waals surface area contributed by atoms with Gasteiger partial charge in [0, 0.05) is 49.0 Å². The molecule has 1 aromatic carbocycles. The van der Waals surface area contributed by atoms with E-state index in [1.807, 2.05) is 4.90 Å². The molecule has 170 valence electrons. The van der Waals surface area contributed by atoms with E-state index in [-0.39, 0.29) is 18.2 Å². The number of nitrogens with zero attached hydrogens (tertiary/aromatic N) is 4. The molecule has 3 atom stereocenters. The zero-order valence-electron chi connectivity index (χ0n) is 16.9. The summed E-state index contributed by atoms with van der Waals surface area (Å²) < 4.78 is 78.7. The quantitative estimate of drug-likeness (QED) is 0.679. The van der Waals surface area contributed by atoms with E-state index in [2.05, 4.69) is 5.10 Å². The molecule has 0 saturated carbocycles. The molecule has 31 heavy (non-hydrogen) atoms. The monoisotopic (exact) mass is 475 g/mol. The summed E-state index contributed by atoms with van der Waals surface area (Å²) in [5, 5.41) is 4.11. The number of hydrogen-bond donors (Lipinski definition) is 1. The van der Waals surface area contributed by atoms with Gasteiger partial charge in [-0.05, 0) is 24.6 Å². The summed E-state index contributed by atoms with van der Waals surface area (Å²) >= 11 is 0. The van der Waals surface area contributed by atoms with Crippen LogP contribution in [0.3, 0.4) is 0 Å². The van der Waals surface area contributed by atoms with Crippen LogP contribution in [0.1, 0.15) is 29.3 Å². The summed E-state index contributed by atoms with van der Waals surface area (Å²) in [6, 6.07) is 0.827. The van der Waals surface area contributed by atoms with E-state index in [9.17, 15) is 25.6 Å². The van der Waals surface area contributed by atoms with Crippen molar-refractivity contribution in [3.8, 4) is 0 Å². The number of halogens is 2. The molecule has 2 aliphatic rings. The van der Waals surface area contributed by atoms with E-state index < -0.39 is 43.8 Å². The van der Waals surface area contributed by atoms with Gasteiger partial charge in [0.2, 0.25) is 10.0 Å². The minimum absolute atomic E-state index is 0.0451. The zero-order chi connectivity index (χ0) is 22.7. The van der Waals surface area contributed by atoms with E-state index in [0.29, 0.717) is 25.2 Å². The smallest absolute Gasteiger partial charge is 0.250 e. The first-order valence-corrected chi connectivity index (χ1v) is 13.2. The predicted octanol–water partition coefficient (Wildman–Crippen LogP) is 0.387. The fourth-order valence-electron chi connectivity index (χ4n) is 4.37. The standard InChI is InChI=1S/C18H23F2N5O4S2/c1-30(26,27)24-9-13(6-16(21)18(24)14-5-12(19)3-4-15(14)20)23-7-11-8-25(31(2,28)29)22-17(11)10-23/h3-5,8,13,16,18H,6-7,9-10,21H2,1-2H3/t13-,16-,18?/m0/s1. The van der Waals surface area contributed by atoms with Gasteiger partial charge in [-0.15, -0.1) is 0 Å². The third-order valence-corrected chi connectivity index (χ3v) is 7.89. The molecule has 0 bridgehead atoms. The van der Waals surface area contributed by atoms with Crippen LogP contribution in [0.15, 0.2) is 24.4 Å². The summed E-state index contributed by atoms with van der Waals surface area (Å²) in [7, 11) is -7.28. The Kier molecular flexibility index (Phi) is 5.45. The maximum Gasteiger partial charge on any atom is 0.250 e. The third kappa shape index (κ3) is 4.24. The Morgan fingerprint density at radius 1 is 1.10 bits per heavy atom. The second-order valence-electron chi connectivity index (χ2n) is 8.14. The number of sulfonamides is 1. The molecule has 0 spiro atoms. The highest BCUT2D eigenvalue weighted by Gasteiger charge is 2.44. The lowest BCUT2D eigenvalue weighted by Crippen LogP contribution is -2.57. The second-order valence-corrected chi connectivity index (χ2v) is 11.9. The van der Waals surface area contributed by atoms with Gasteiger partial charge in [0.1, 0.15) is 11.6 Å². The lowest BCUT2D eigenvalue weighted by Gasteiger charge is -2.44. The molecule has 0 amide bonds. The molecule has 0 aliphatic carbocycles. The van der Waals surface area contributed by atoms with Crippen LogP contribution in [0.4, 0.5) is 8.78 Å². The van der Waals surface area contributed by atoms with E-state index in [0.717, 1.165) is 44.7 Å². The van der Waals surface area contributed by atoms with Crippen LogP contribution in [-0.4, -0.2) is 66.4 Å². The summed E-state index contributed by atoms with van der Waals surface area (Å²) in [5.74, 6) is -1.39. The van der Waals surface area contributed by atoms with Crippen molar-refractivity contribution >= 4 is 20.0 Å². The van der Waals surface area contributed by atoms with Crippen molar-refractivity contribution < 1.29 is 25.6 Å². The number of aromatic nitrogens is 2. The number of nitrogens with two attached hydrogens (primary N) is 1. The maximum atomic E-state index is 14.4. The van der Waals surface area contributed by atoms with Gasteiger partial charge in [-0.2, -0.15) is 13.5 Å². The highest BCUT2D eigenvalue weighted by atomic mass is 32.2. The van der Waals surface area contributed by atoms with Crippen molar-refractivity contribution in [3.05, 3.63) is 52.9 Å². The Hall–Kier alpha value is -1.93. The third-order valence-electron chi connectivity index (χ3n) is 5.79. The number of benzene rings is 1. The first-order chi connectivity index (χ1) is 14.3. The van der Waals surface area contributed by atoms with Gasteiger partial charge >= 0.3 is 0 Å². The van der Waals surface area contributed by atoms with E-state index in [1.54, 1.807) is 0 Å². The minimum Gasteiger partial charge on any atom is -0.326 e. The zero-order valence-corrected chi connectivity index (χ0v) is 18.6. The van der Waals surface area contributed by atoms with Gasteiger partial charge in [0.05, 0.1) is 24.2 Å². The van der Waals surface area contributed by atoms with Crippen LogP contribution in [0.25, 0.3) is 0 Å². The number of rotatable bonds is 4. The molecule has 2 aliphatic heterocycles. The maximum absolute atomic E-state index is 14.4. The van der Waals surface area contributed by atoms with Gasteiger partial charge in [0.25, 0.3) is 10.0 Å². The van der Waals surface area contributed by atoms with Gasteiger partial charge in [0.15, 0.2) is 0 Å². The second kappa shape index (κ2) is 7.59. The summed E-state index contributed by atoms with van der Waals surface area (Å²) in [5.41, 5.74) is 7.56. The highest BCUT2D eigenvalue weighted by molar-refractivity contribution is 7.89. The molecular formula is C18H23F2N5O4S2. The van der Waals surface area contributed by atoms with Crippen molar-refractivity contribution in [2.75, 3.05) is 19.1 Å². The Bertz CT molecular complexity index is 1210. The average Bonchev–Trinajstić information content (AvgIpc) is 3.21. The molecule has 2 aromatic rings. The molecule has 1 aromatic heterocycles. The molecule has 1 unspecified atom stereocenters.